The lowest BCUT2D eigenvalue weighted by atomic mass is 9.95. The number of methoxy groups -OCH3 is 1. The van der Waals surface area contributed by atoms with Gasteiger partial charge >= 0.3 is 12.0 Å². The van der Waals surface area contributed by atoms with E-state index in [2.05, 4.69) is 0 Å². The first kappa shape index (κ1) is 36.0. The van der Waals surface area contributed by atoms with Gasteiger partial charge in [-0.1, -0.05) is 45.0 Å². The topological polar surface area (TPSA) is 192 Å². The summed E-state index contributed by atoms with van der Waals surface area (Å²) in [7, 11) is -3.34. The van der Waals surface area contributed by atoms with Crippen molar-refractivity contribution in [1.82, 2.24) is 9.21 Å². The quantitative estimate of drug-likeness (QED) is 0.268. The molecule has 2 aliphatic rings. The molecule has 3 N–H and O–H groups in total. The summed E-state index contributed by atoms with van der Waals surface area (Å²) in [5.74, 6) is -2.93. The highest BCUT2D eigenvalue weighted by atomic mass is 32.2. The third-order valence-corrected chi connectivity index (χ3v) is 10.4. The van der Waals surface area contributed by atoms with E-state index in [0.29, 0.717) is 34.8 Å². The van der Waals surface area contributed by atoms with Crippen LogP contribution >= 0.6 is 0 Å². The Labute approximate surface area is 289 Å². The number of likely N-dealkylation sites (tertiary alicyclic amines) is 1. The fourth-order valence-electron chi connectivity index (χ4n) is 6.02. The maximum atomic E-state index is 14.3. The van der Waals surface area contributed by atoms with Crippen LogP contribution in [0.15, 0.2) is 65.6 Å². The fraction of sp³-hybridized carbons (Fsp3) is 0.371. The number of fused-ring (bicyclic) bond motifs is 1. The normalized spacial score (nSPS) is 16.5. The van der Waals surface area contributed by atoms with Crippen molar-refractivity contribution in [3.8, 4) is 23.0 Å². The fourth-order valence-corrected chi connectivity index (χ4v) is 7.38. The zero-order valence-electron chi connectivity index (χ0n) is 28.0. The highest BCUT2D eigenvalue weighted by Gasteiger charge is 2.45. The number of urea groups is 1. The van der Waals surface area contributed by atoms with Gasteiger partial charge in [0.15, 0.2) is 11.5 Å². The van der Waals surface area contributed by atoms with Crippen molar-refractivity contribution in [3.63, 3.8) is 0 Å². The predicted molar refractivity (Wildman–Crippen MR) is 178 cm³/mol. The van der Waals surface area contributed by atoms with Gasteiger partial charge in [-0.3, -0.25) is 9.59 Å². The Balaban J connectivity index is 1.46. The number of aliphatic carboxylic acids is 1. The molecule has 0 bridgehead atoms. The average molecular weight is 710 g/mol. The molecule has 3 atom stereocenters. The third kappa shape index (κ3) is 7.04. The number of rotatable bonds is 12. The Hall–Kier alpha value is -5.31. The molecule has 0 radical (unpaired) electrons. The van der Waals surface area contributed by atoms with Crippen LogP contribution < -0.4 is 24.7 Å². The Kier molecular flexibility index (Phi) is 10.6. The molecule has 3 aromatic rings. The maximum absolute atomic E-state index is 14.3. The van der Waals surface area contributed by atoms with E-state index in [1.54, 1.807) is 31.2 Å². The molecule has 1 saturated heterocycles. The number of hydrogen-bond acceptors (Lipinski definition) is 10. The molecule has 50 heavy (non-hydrogen) atoms. The molecule has 0 spiro atoms. The number of nitrogens with zero attached hydrogens (tertiary/aromatic N) is 2. The highest BCUT2D eigenvalue weighted by Crippen LogP contribution is 2.43. The van der Waals surface area contributed by atoms with Crippen LogP contribution in [-0.2, 0) is 24.4 Å². The lowest BCUT2D eigenvalue weighted by Gasteiger charge is -2.30. The molecule has 0 aliphatic carbocycles. The van der Waals surface area contributed by atoms with E-state index in [9.17, 15) is 32.7 Å². The van der Waals surface area contributed by atoms with Gasteiger partial charge in [-0.25, -0.2) is 18.0 Å². The second-order valence-electron chi connectivity index (χ2n) is 12.2. The van der Waals surface area contributed by atoms with Crippen molar-refractivity contribution < 1.29 is 51.6 Å². The van der Waals surface area contributed by atoms with Crippen molar-refractivity contribution in [2.75, 3.05) is 20.4 Å². The summed E-state index contributed by atoms with van der Waals surface area (Å²) in [5, 5.41) is 9.75. The van der Waals surface area contributed by atoms with Crippen LogP contribution in [0.4, 0.5) is 4.79 Å². The summed E-state index contributed by atoms with van der Waals surface area (Å²) >= 11 is 0. The van der Waals surface area contributed by atoms with Gasteiger partial charge in [-0.15, -0.1) is 0 Å². The first-order valence-electron chi connectivity index (χ1n) is 16.0. The molecule has 0 saturated carbocycles. The number of nitrogens with two attached hydrogens (primary N) is 1. The Morgan fingerprint density at radius 1 is 1.00 bits per heavy atom. The summed E-state index contributed by atoms with van der Waals surface area (Å²) in [6, 6.07) is 12.5. The van der Waals surface area contributed by atoms with Gasteiger partial charge in [0.25, 0.3) is 21.8 Å². The van der Waals surface area contributed by atoms with Crippen molar-refractivity contribution in [2.24, 2.45) is 5.73 Å². The Morgan fingerprint density at radius 2 is 1.66 bits per heavy atom. The predicted octanol–water partition coefficient (Wildman–Crippen LogP) is 4.53. The molecule has 1 fully saturated rings. The molecule has 3 aromatic carbocycles. The van der Waals surface area contributed by atoms with Gasteiger partial charge in [-0.05, 0) is 72.7 Å². The molecule has 2 aliphatic heterocycles. The number of benzene rings is 3. The zero-order valence-corrected chi connectivity index (χ0v) is 28.8. The van der Waals surface area contributed by atoms with E-state index in [4.69, 9.17) is 24.7 Å². The molecule has 4 amide bonds. The number of carboxylic acids is 1. The number of carboxylic acid groups (broad SMARTS) is 1. The number of primary amides is 1. The largest absolute Gasteiger partial charge is 0.493 e. The first-order chi connectivity index (χ1) is 23.8. The molecular formula is C35H39N3O11S. The van der Waals surface area contributed by atoms with Crippen molar-refractivity contribution >= 4 is 33.8 Å². The number of imide groups is 1. The Morgan fingerprint density at radius 3 is 2.24 bits per heavy atom. The SMILES string of the molecule is CCC(C(=O)N(C(=O)N1CCCC1C(=O)O)S(=O)(=O)c1ccc(C(C)C)cc1)c1ccc(OC(C(N)=O)c2cc(OC)c3c(c2)OCO3)cc1. The lowest BCUT2D eigenvalue weighted by molar-refractivity contribution is -0.141. The van der Waals surface area contributed by atoms with Gasteiger partial charge in [0.05, 0.1) is 17.9 Å². The van der Waals surface area contributed by atoms with E-state index in [0.717, 1.165) is 10.5 Å². The molecular weight excluding hydrogens is 670 g/mol. The average Bonchev–Trinajstić information content (AvgIpc) is 3.78. The summed E-state index contributed by atoms with van der Waals surface area (Å²) in [4.78, 5) is 53.3. The van der Waals surface area contributed by atoms with Crippen LogP contribution in [-0.4, -0.2) is 73.0 Å². The second-order valence-corrected chi connectivity index (χ2v) is 14.0. The van der Waals surface area contributed by atoms with Gasteiger partial charge in [0.1, 0.15) is 11.8 Å². The number of ether oxygens (including phenoxy) is 4. The second kappa shape index (κ2) is 14.7. The van der Waals surface area contributed by atoms with E-state index in [1.165, 1.54) is 43.5 Å². The monoisotopic (exact) mass is 709 g/mol. The molecule has 15 heteroatoms. The molecule has 266 valence electrons. The van der Waals surface area contributed by atoms with Gasteiger partial charge in [0.2, 0.25) is 18.6 Å². The number of sulfonamides is 1. The smallest absolute Gasteiger partial charge is 0.341 e. The Bertz CT molecular complexity index is 1880. The van der Waals surface area contributed by atoms with Gasteiger partial charge < -0.3 is 34.7 Å². The first-order valence-corrected chi connectivity index (χ1v) is 17.5. The third-order valence-electron chi connectivity index (χ3n) is 8.73. The maximum Gasteiger partial charge on any atom is 0.341 e. The zero-order chi connectivity index (χ0) is 36.3. The van der Waals surface area contributed by atoms with Crippen LogP contribution in [0.2, 0.25) is 0 Å². The van der Waals surface area contributed by atoms with Crippen molar-refractivity contribution in [1.29, 1.82) is 0 Å². The summed E-state index contributed by atoms with van der Waals surface area (Å²) in [6.45, 7) is 5.48. The minimum absolute atomic E-state index is 0.0249. The standard InChI is InChI=1S/C35H39N3O11S/c1-5-26(22-8-12-24(13-9-22)49-30(32(36)39)23-17-28(46-4)31-29(18-23)47-19-48-31)33(40)38(35(43)37-16-6-7-27(37)34(41)42)50(44,45)25-14-10-21(11-15-25)20(2)3/h8-15,17-18,20,26-27,30H,5-7,16,19H2,1-4H3,(H2,36,39)(H,41,42). The molecule has 14 nitrogen and oxygen atoms in total. The molecule has 5 rings (SSSR count). The van der Waals surface area contributed by atoms with E-state index in [1.807, 2.05) is 13.8 Å². The van der Waals surface area contributed by atoms with Crippen molar-refractivity contribution in [3.05, 3.63) is 77.4 Å². The lowest BCUT2D eigenvalue weighted by Crippen LogP contribution is -2.53. The summed E-state index contributed by atoms with van der Waals surface area (Å²) in [6.07, 6.45) is -0.724. The van der Waals surface area contributed by atoms with E-state index >= 15 is 0 Å². The van der Waals surface area contributed by atoms with Crippen molar-refractivity contribution in [2.45, 2.75) is 68.9 Å². The van der Waals surface area contributed by atoms with Crippen LogP contribution in [0.25, 0.3) is 0 Å². The van der Waals surface area contributed by atoms with Crippen LogP contribution in [0.5, 0.6) is 23.0 Å². The highest BCUT2D eigenvalue weighted by molar-refractivity contribution is 7.90. The van der Waals surface area contributed by atoms with Crippen LogP contribution in [0.1, 0.15) is 74.7 Å². The van der Waals surface area contributed by atoms with Crippen LogP contribution in [0.3, 0.4) is 0 Å². The molecule has 3 unspecified atom stereocenters. The minimum Gasteiger partial charge on any atom is -0.493 e. The number of amides is 4. The molecule has 0 aromatic heterocycles. The summed E-state index contributed by atoms with van der Waals surface area (Å²) < 4.78 is 50.5. The van der Waals surface area contributed by atoms with Crippen LogP contribution in [0, 0.1) is 0 Å². The van der Waals surface area contributed by atoms with E-state index in [-0.39, 0.29) is 47.0 Å². The summed E-state index contributed by atoms with van der Waals surface area (Å²) in [5.41, 5.74) is 7.23. The minimum atomic E-state index is -4.77. The number of carbonyl (C=O) groups is 4. The number of hydrogen-bond donors (Lipinski definition) is 2. The molecule has 2 heterocycles. The van der Waals surface area contributed by atoms with Gasteiger partial charge in [-0.2, -0.15) is 4.31 Å². The van der Waals surface area contributed by atoms with E-state index < -0.39 is 51.9 Å². The van der Waals surface area contributed by atoms with Gasteiger partial charge in [0, 0.05) is 12.1 Å². The number of carbonyl (C=O) groups excluding carboxylic acids is 3.